The molecule has 36 heavy (non-hydrogen) atoms. The molecule has 0 radical (unpaired) electrons. The number of ether oxygens (including phenoxy) is 6. The van der Waals surface area contributed by atoms with Gasteiger partial charge in [0.15, 0.2) is 0 Å². The van der Waals surface area contributed by atoms with Crippen LogP contribution in [0.15, 0.2) is 0 Å². The Kier molecular flexibility index (Phi) is 13.8. The van der Waals surface area contributed by atoms with Crippen molar-refractivity contribution in [3.63, 3.8) is 0 Å². The van der Waals surface area contributed by atoms with Gasteiger partial charge in [0.25, 0.3) is 0 Å². The molecule has 0 aliphatic carbocycles. The molecule has 1 aliphatic heterocycles. The van der Waals surface area contributed by atoms with Crippen molar-refractivity contribution in [3.05, 3.63) is 0 Å². The van der Waals surface area contributed by atoms with Crippen molar-refractivity contribution in [2.75, 3.05) is 13.2 Å². The van der Waals surface area contributed by atoms with E-state index in [9.17, 15) is 24.0 Å². The summed E-state index contributed by atoms with van der Waals surface area (Å²) in [5.74, 6) is -2.86. The molecule has 0 N–H and O–H groups in total. The van der Waals surface area contributed by atoms with Gasteiger partial charge in [0.2, 0.25) is 0 Å². The van der Waals surface area contributed by atoms with Gasteiger partial charge in [-0.2, -0.15) is 0 Å². The van der Waals surface area contributed by atoms with E-state index >= 15 is 0 Å². The minimum absolute atomic E-state index is 0.0137. The second-order valence-corrected chi connectivity index (χ2v) is 10.5. The van der Waals surface area contributed by atoms with Gasteiger partial charge in [0.1, 0.15) is 30.4 Å². The van der Waals surface area contributed by atoms with Crippen LogP contribution in [0.1, 0.15) is 67.7 Å². The van der Waals surface area contributed by atoms with Crippen molar-refractivity contribution in [1.29, 1.82) is 0 Å². The average molecular weight is 535 g/mol. The molecule has 1 fully saturated rings. The fraction of sp³-hybridized carbons (Fsp3) is 0.792. The number of carbonyl (C=O) groups is 5. The van der Waals surface area contributed by atoms with Crippen LogP contribution in [-0.2, 0) is 52.4 Å². The third-order valence-electron chi connectivity index (χ3n) is 5.17. The zero-order chi connectivity index (χ0) is 27.4. The maximum Gasteiger partial charge on any atom is 0.303 e. The minimum atomic E-state index is -0.841. The predicted molar refractivity (Wildman–Crippen MR) is 129 cm³/mol. The Morgan fingerprint density at radius 2 is 1.44 bits per heavy atom. The molecule has 1 aliphatic rings. The summed E-state index contributed by atoms with van der Waals surface area (Å²) < 4.78 is 32.6. The Balaban J connectivity index is 2.95. The van der Waals surface area contributed by atoms with Crippen LogP contribution in [0.4, 0.5) is 0 Å². The molecule has 7 atom stereocenters. The normalized spacial score (nSPS) is 22.8. The molecule has 1 saturated heterocycles. The lowest BCUT2D eigenvalue weighted by molar-refractivity contribution is -0.173. The topological polar surface area (TPSA) is 141 Å². The highest BCUT2D eigenvalue weighted by atomic mass is 32.2. The molecule has 1 rings (SSSR count). The number of hydrogen-bond donors (Lipinski definition) is 0. The standard InChI is InChI=1S/C24H38O11S/c1-13(11-30-15(3)25)24(34-19(7)29)22(33-18(6)28)8-14(2)36-23-10-20(32-17(5)27)9-21(35-23)12-31-16(4)26/h13-14,20-24H,8-12H2,1-7H3/t13-,14-,20+,21+,22-,23-,24-/m1/s1. The molecular weight excluding hydrogens is 496 g/mol. The first-order valence-electron chi connectivity index (χ1n) is 11.9. The summed E-state index contributed by atoms with van der Waals surface area (Å²) in [5.41, 5.74) is -0.387. The number of esters is 5. The molecule has 1 heterocycles. The fourth-order valence-electron chi connectivity index (χ4n) is 3.86. The van der Waals surface area contributed by atoms with Crippen molar-refractivity contribution in [1.82, 2.24) is 0 Å². The Morgan fingerprint density at radius 1 is 0.833 bits per heavy atom. The quantitative estimate of drug-likeness (QED) is 0.253. The fourth-order valence-corrected chi connectivity index (χ4v) is 5.23. The van der Waals surface area contributed by atoms with Gasteiger partial charge < -0.3 is 28.4 Å². The second-order valence-electron chi connectivity index (χ2n) is 8.88. The lowest BCUT2D eigenvalue weighted by Gasteiger charge is -2.36. The molecule has 0 bridgehead atoms. The smallest absolute Gasteiger partial charge is 0.303 e. The minimum Gasteiger partial charge on any atom is -0.465 e. The highest BCUT2D eigenvalue weighted by Gasteiger charge is 2.37. The highest BCUT2D eigenvalue weighted by Crippen LogP contribution is 2.34. The maximum atomic E-state index is 11.9. The van der Waals surface area contributed by atoms with E-state index < -0.39 is 60.2 Å². The summed E-state index contributed by atoms with van der Waals surface area (Å²) in [7, 11) is 0. The zero-order valence-corrected chi connectivity index (χ0v) is 22.8. The first-order valence-corrected chi connectivity index (χ1v) is 12.8. The first-order chi connectivity index (χ1) is 16.8. The molecule has 0 unspecified atom stereocenters. The summed E-state index contributed by atoms with van der Waals surface area (Å²) in [6, 6.07) is 0. The highest BCUT2D eigenvalue weighted by molar-refractivity contribution is 8.00. The van der Waals surface area contributed by atoms with Gasteiger partial charge in [-0.15, -0.1) is 11.8 Å². The largest absolute Gasteiger partial charge is 0.465 e. The molecule has 0 amide bonds. The van der Waals surface area contributed by atoms with Crippen LogP contribution in [-0.4, -0.2) is 78.2 Å². The number of rotatable bonds is 13. The molecule has 11 nitrogen and oxygen atoms in total. The molecule has 0 aromatic carbocycles. The van der Waals surface area contributed by atoms with Gasteiger partial charge >= 0.3 is 29.8 Å². The molecule has 12 heteroatoms. The number of thioether (sulfide) groups is 1. The summed E-state index contributed by atoms with van der Waals surface area (Å²) in [6.07, 6.45) is -1.35. The van der Waals surface area contributed by atoms with E-state index in [0.717, 1.165) is 0 Å². The summed E-state index contributed by atoms with van der Waals surface area (Å²) in [4.78, 5) is 57.6. The van der Waals surface area contributed by atoms with Gasteiger partial charge in [-0.3, -0.25) is 24.0 Å². The van der Waals surface area contributed by atoms with E-state index in [0.29, 0.717) is 19.3 Å². The molecule has 0 aromatic rings. The SMILES string of the molecule is CC(=O)OC[C@@H]1C[C@H](OC(C)=O)C[C@@H](S[C@H](C)C[C@@H](OC(C)=O)[C@H](OC(C)=O)[C@H](C)COC(C)=O)O1. The van der Waals surface area contributed by atoms with Crippen molar-refractivity contribution >= 4 is 41.6 Å². The lowest BCUT2D eigenvalue weighted by Crippen LogP contribution is -2.43. The van der Waals surface area contributed by atoms with Crippen LogP contribution in [0.5, 0.6) is 0 Å². The first kappa shape index (κ1) is 31.7. The van der Waals surface area contributed by atoms with Crippen LogP contribution in [0.25, 0.3) is 0 Å². The third-order valence-corrected chi connectivity index (χ3v) is 6.44. The Hall–Kier alpha value is -2.34. The van der Waals surface area contributed by atoms with Gasteiger partial charge in [-0.1, -0.05) is 13.8 Å². The van der Waals surface area contributed by atoms with E-state index in [-0.39, 0.29) is 23.9 Å². The number of hydrogen-bond acceptors (Lipinski definition) is 12. The van der Waals surface area contributed by atoms with Crippen LogP contribution in [0.3, 0.4) is 0 Å². The zero-order valence-electron chi connectivity index (χ0n) is 22.0. The number of carbonyl (C=O) groups excluding carboxylic acids is 5. The van der Waals surface area contributed by atoms with Crippen LogP contribution in [0.2, 0.25) is 0 Å². The Morgan fingerprint density at radius 3 is 1.97 bits per heavy atom. The van der Waals surface area contributed by atoms with Gasteiger partial charge in [-0.25, -0.2) is 0 Å². The van der Waals surface area contributed by atoms with Crippen molar-refractivity contribution < 1.29 is 52.4 Å². The maximum absolute atomic E-state index is 11.9. The van der Waals surface area contributed by atoms with E-state index in [1.165, 1.54) is 46.4 Å². The van der Waals surface area contributed by atoms with E-state index in [1.807, 2.05) is 6.92 Å². The molecule has 0 aromatic heterocycles. The van der Waals surface area contributed by atoms with Gasteiger partial charge in [0, 0.05) is 58.6 Å². The van der Waals surface area contributed by atoms with Gasteiger partial charge in [-0.05, 0) is 6.42 Å². The van der Waals surface area contributed by atoms with E-state index in [1.54, 1.807) is 6.92 Å². The van der Waals surface area contributed by atoms with Crippen molar-refractivity contribution in [2.24, 2.45) is 5.92 Å². The second kappa shape index (κ2) is 15.7. The summed E-state index contributed by atoms with van der Waals surface area (Å²) in [6.45, 7) is 10.1. The van der Waals surface area contributed by atoms with Crippen molar-refractivity contribution in [3.8, 4) is 0 Å². The van der Waals surface area contributed by atoms with Crippen LogP contribution >= 0.6 is 11.8 Å². The van der Waals surface area contributed by atoms with Gasteiger partial charge in [0.05, 0.1) is 12.7 Å². The molecular formula is C24H38O11S. The molecule has 0 saturated carbocycles. The molecule has 0 spiro atoms. The monoisotopic (exact) mass is 534 g/mol. The summed E-state index contributed by atoms with van der Waals surface area (Å²) in [5, 5.41) is -0.149. The summed E-state index contributed by atoms with van der Waals surface area (Å²) >= 11 is 1.44. The lowest BCUT2D eigenvalue weighted by atomic mass is 9.97. The predicted octanol–water partition coefficient (Wildman–Crippen LogP) is 2.56. The molecule has 206 valence electrons. The van der Waals surface area contributed by atoms with E-state index in [4.69, 9.17) is 28.4 Å². The third kappa shape index (κ3) is 13.1. The Bertz CT molecular complexity index is 771. The van der Waals surface area contributed by atoms with Crippen LogP contribution < -0.4 is 0 Å². The average Bonchev–Trinajstić information content (AvgIpc) is 2.72. The van der Waals surface area contributed by atoms with E-state index in [2.05, 4.69) is 0 Å². The Labute approximate surface area is 216 Å². The van der Waals surface area contributed by atoms with Crippen molar-refractivity contribution in [2.45, 2.75) is 103 Å². The van der Waals surface area contributed by atoms with Crippen LogP contribution in [0, 0.1) is 5.92 Å².